The van der Waals surface area contributed by atoms with Crippen molar-refractivity contribution < 1.29 is 22.1 Å². The molecule has 0 aliphatic carbocycles. The smallest absolute Gasteiger partial charge is 0.206 e. The minimum Gasteiger partial charge on any atom is -0.748 e. The minimum atomic E-state index is -4.17. The van der Waals surface area contributed by atoms with Crippen LogP contribution < -0.4 is 9.13 Å². The van der Waals surface area contributed by atoms with Crippen LogP contribution in [0.15, 0.2) is 55.0 Å². The van der Waals surface area contributed by atoms with Gasteiger partial charge in [0.05, 0.1) is 10.1 Å². The van der Waals surface area contributed by atoms with Gasteiger partial charge in [-0.3, -0.25) is 0 Å². The predicted molar refractivity (Wildman–Crippen MR) is 71.5 cm³/mol. The molecule has 0 aliphatic rings. The van der Waals surface area contributed by atoms with Crippen molar-refractivity contribution in [2.45, 2.75) is 19.5 Å². The number of nitrogens with zero attached hydrogens (tertiary/aromatic N) is 2. The molecule has 0 spiro atoms. The summed E-state index contributed by atoms with van der Waals surface area (Å²) in [5, 5.41) is 0. The van der Waals surface area contributed by atoms with Crippen molar-refractivity contribution in [1.82, 2.24) is 0 Å². The van der Waals surface area contributed by atoms with E-state index in [1.54, 1.807) is 0 Å². The van der Waals surface area contributed by atoms with Crippen LogP contribution in [0.25, 0.3) is 0 Å². The fraction of sp³-hybridized carbons (Fsp3) is 0.286. The highest BCUT2D eigenvalue weighted by Gasteiger charge is 2.12. The molecule has 0 atom stereocenters. The summed E-state index contributed by atoms with van der Waals surface area (Å²) in [7, 11) is -4.17. The standard InChI is InChI=1S/C14H17N2O3S/c17-20(18,19)13-7-14-6-2-5-10-16(14)12-11-15-8-3-1-4-9-15/h1-6,8-10H,7,11-13H2/q+1. The second-order valence-corrected chi connectivity index (χ2v) is 6.03. The Morgan fingerprint density at radius 3 is 2.35 bits per heavy atom. The van der Waals surface area contributed by atoms with Gasteiger partial charge in [0.1, 0.15) is 0 Å². The lowest BCUT2D eigenvalue weighted by Gasteiger charge is -2.06. The molecular formula is C14H17N2O3S+. The zero-order valence-corrected chi connectivity index (χ0v) is 11.9. The molecule has 2 heterocycles. The second kappa shape index (κ2) is 6.58. The summed E-state index contributed by atoms with van der Waals surface area (Å²) in [6.45, 7) is 1.51. The summed E-state index contributed by atoms with van der Waals surface area (Å²) in [5.74, 6) is -0.366. The first kappa shape index (κ1) is 14.6. The van der Waals surface area contributed by atoms with Gasteiger partial charge in [0.2, 0.25) is 13.1 Å². The van der Waals surface area contributed by atoms with Gasteiger partial charge in [-0.2, -0.15) is 9.13 Å². The maximum absolute atomic E-state index is 10.7. The first-order chi connectivity index (χ1) is 9.54. The van der Waals surface area contributed by atoms with E-state index >= 15 is 0 Å². The Balaban J connectivity index is 2.04. The van der Waals surface area contributed by atoms with Crippen LogP contribution in [0.4, 0.5) is 0 Å². The van der Waals surface area contributed by atoms with Crippen LogP contribution in [-0.4, -0.2) is 18.7 Å². The van der Waals surface area contributed by atoms with E-state index < -0.39 is 10.1 Å². The van der Waals surface area contributed by atoms with Crippen molar-refractivity contribution in [3.05, 3.63) is 60.7 Å². The second-order valence-electron chi connectivity index (χ2n) is 4.51. The van der Waals surface area contributed by atoms with Crippen LogP contribution in [0.5, 0.6) is 0 Å². The molecule has 2 aromatic heterocycles. The molecule has 0 saturated carbocycles. The number of hydrogen-bond acceptors (Lipinski definition) is 3. The molecule has 0 aliphatic heterocycles. The van der Waals surface area contributed by atoms with Crippen LogP contribution >= 0.6 is 0 Å². The molecule has 0 N–H and O–H groups in total. The summed E-state index contributed by atoms with van der Waals surface area (Å²) in [4.78, 5) is 0. The Morgan fingerprint density at radius 2 is 1.65 bits per heavy atom. The molecule has 2 aromatic rings. The highest BCUT2D eigenvalue weighted by atomic mass is 32.2. The topological polar surface area (TPSA) is 65.0 Å². The molecule has 2 rings (SSSR count). The maximum atomic E-state index is 10.7. The Hall–Kier alpha value is -1.79. The minimum absolute atomic E-state index is 0.242. The molecule has 0 bridgehead atoms. The zero-order chi connectivity index (χ0) is 14.4. The quantitative estimate of drug-likeness (QED) is 0.558. The fourth-order valence-corrected chi connectivity index (χ4v) is 2.45. The molecule has 0 aromatic carbocycles. The van der Waals surface area contributed by atoms with Gasteiger partial charge >= 0.3 is 0 Å². The van der Waals surface area contributed by atoms with Crippen LogP contribution in [-0.2, 0) is 29.6 Å². The number of hydrogen-bond donors (Lipinski definition) is 0. The lowest BCUT2D eigenvalue weighted by atomic mass is 10.3. The number of aryl methyl sites for hydroxylation is 3. The third-order valence-electron chi connectivity index (χ3n) is 3.02. The van der Waals surface area contributed by atoms with Gasteiger partial charge in [0, 0.05) is 36.4 Å². The fourth-order valence-electron chi connectivity index (χ4n) is 1.99. The van der Waals surface area contributed by atoms with Crippen molar-refractivity contribution >= 4 is 10.1 Å². The number of rotatable bonds is 6. The van der Waals surface area contributed by atoms with Gasteiger partial charge < -0.3 is 4.55 Å². The Labute approximate surface area is 118 Å². The largest absolute Gasteiger partial charge is 0.748 e. The highest BCUT2D eigenvalue weighted by molar-refractivity contribution is 7.85. The van der Waals surface area contributed by atoms with Crippen LogP contribution in [0.1, 0.15) is 5.69 Å². The van der Waals surface area contributed by atoms with Crippen molar-refractivity contribution in [3.8, 4) is 0 Å². The van der Waals surface area contributed by atoms with E-state index in [4.69, 9.17) is 0 Å². The normalized spacial score (nSPS) is 11.4. The van der Waals surface area contributed by atoms with Gasteiger partial charge in [-0.15, -0.1) is 0 Å². The van der Waals surface area contributed by atoms with Crippen molar-refractivity contribution in [1.29, 1.82) is 0 Å². The van der Waals surface area contributed by atoms with Crippen molar-refractivity contribution in [2.24, 2.45) is 0 Å². The van der Waals surface area contributed by atoms with Crippen LogP contribution in [0, 0.1) is 0 Å². The average Bonchev–Trinajstić information content (AvgIpc) is 2.44. The third kappa shape index (κ3) is 4.71. The molecule has 6 heteroatoms. The van der Waals surface area contributed by atoms with E-state index in [-0.39, 0.29) is 12.2 Å². The van der Waals surface area contributed by atoms with Crippen molar-refractivity contribution in [2.75, 3.05) is 5.75 Å². The molecule has 5 nitrogen and oxygen atoms in total. The monoisotopic (exact) mass is 293 g/mol. The van der Waals surface area contributed by atoms with Crippen LogP contribution in [0.3, 0.4) is 0 Å². The summed E-state index contributed by atoms with van der Waals surface area (Å²) in [5.41, 5.74) is 0.850. The zero-order valence-electron chi connectivity index (χ0n) is 11.1. The van der Waals surface area contributed by atoms with Crippen molar-refractivity contribution in [3.63, 3.8) is 0 Å². The van der Waals surface area contributed by atoms with E-state index in [1.807, 2.05) is 64.1 Å². The molecule has 0 radical (unpaired) electrons. The third-order valence-corrected chi connectivity index (χ3v) is 3.72. The maximum Gasteiger partial charge on any atom is 0.206 e. The lowest BCUT2D eigenvalue weighted by molar-refractivity contribution is -0.781. The van der Waals surface area contributed by atoms with Gasteiger partial charge in [-0.05, 0) is 0 Å². The summed E-state index contributed by atoms with van der Waals surface area (Å²) in [6.07, 6.45) is 6.10. The van der Waals surface area contributed by atoms with E-state index in [1.165, 1.54) is 0 Å². The summed E-state index contributed by atoms with van der Waals surface area (Å²) in [6, 6.07) is 11.5. The van der Waals surface area contributed by atoms with E-state index in [0.29, 0.717) is 0 Å². The summed E-state index contributed by atoms with van der Waals surface area (Å²) >= 11 is 0. The molecule has 20 heavy (non-hydrogen) atoms. The number of aromatic nitrogens is 2. The SMILES string of the molecule is O=S(=O)([O-])CCc1cccc[n+]1CC[n+]1ccccc1. The highest BCUT2D eigenvalue weighted by Crippen LogP contribution is 1.96. The predicted octanol–water partition coefficient (Wildman–Crippen LogP) is 0.0495. The van der Waals surface area contributed by atoms with Crippen LogP contribution in [0.2, 0.25) is 0 Å². The Morgan fingerprint density at radius 1 is 0.950 bits per heavy atom. The first-order valence-electron chi connectivity index (χ1n) is 6.39. The number of pyridine rings is 2. The molecule has 0 unspecified atom stereocenters. The van der Waals surface area contributed by atoms with Gasteiger partial charge in [0.15, 0.2) is 24.3 Å². The summed E-state index contributed by atoms with van der Waals surface area (Å²) < 4.78 is 36.2. The van der Waals surface area contributed by atoms with E-state index in [2.05, 4.69) is 0 Å². The van der Waals surface area contributed by atoms with E-state index in [0.717, 1.165) is 18.8 Å². The molecule has 106 valence electrons. The molecule has 0 amide bonds. The Kier molecular flexibility index (Phi) is 4.81. The van der Waals surface area contributed by atoms with E-state index in [9.17, 15) is 13.0 Å². The molecule has 0 fully saturated rings. The molecule has 0 saturated heterocycles. The van der Waals surface area contributed by atoms with Gasteiger partial charge in [0.25, 0.3) is 0 Å². The lowest BCUT2D eigenvalue weighted by Crippen LogP contribution is -2.46. The average molecular weight is 293 g/mol. The van der Waals surface area contributed by atoms with Gasteiger partial charge in [-0.1, -0.05) is 12.1 Å². The molecular weight excluding hydrogens is 276 g/mol. The van der Waals surface area contributed by atoms with Gasteiger partial charge in [-0.25, -0.2) is 8.42 Å². The first-order valence-corrected chi connectivity index (χ1v) is 7.97. The Bertz CT molecular complexity index is 657.